The Hall–Kier alpha value is -2.57. The van der Waals surface area contributed by atoms with Crippen LogP contribution in [0.1, 0.15) is 37.3 Å². The Kier molecular flexibility index (Phi) is 5.24. The van der Waals surface area contributed by atoms with Gasteiger partial charge in [0.1, 0.15) is 6.33 Å². The molecule has 1 fully saturated rings. The Morgan fingerprint density at radius 2 is 1.89 bits per heavy atom. The van der Waals surface area contributed by atoms with Crippen molar-refractivity contribution in [3.05, 3.63) is 76.1 Å². The van der Waals surface area contributed by atoms with Crippen LogP contribution in [-0.4, -0.2) is 26.3 Å². The highest BCUT2D eigenvalue weighted by molar-refractivity contribution is 6.30. The number of rotatable bonds is 4. The van der Waals surface area contributed by atoms with Gasteiger partial charge in [0, 0.05) is 41.0 Å². The molecule has 2 N–H and O–H groups in total. The van der Waals surface area contributed by atoms with E-state index in [1.807, 2.05) is 18.2 Å². The van der Waals surface area contributed by atoms with Crippen molar-refractivity contribution in [1.29, 1.82) is 0 Å². The second kappa shape index (κ2) is 7.81. The van der Waals surface area contributed by atoms with Crippen molar-refractivity contribution < 1.29 is 0 Å². The van der Waals surface area contributed by atoms with Crippen molar-refractivity contribution in [1.82, 2.24) is 19.7 Å². The van der Waals surface area contributed by atoms with Crippen LogP contribution in [0.3, 0.4) is 0 Å². The van der Waals surface area contributed by atoms with E-state index >= 15 is 0 Å². The standard InChI is InChI=1S/C21H22ClN5O/c22-17-3-1-2-16(10-17)21(13-23)8-6-18(7-9-21)27-20(28)5-4-19(26-27)15-11-24-14-25-12-15/h1-5,10-12,14,18H,6-9,13,23H2/t18-,21+. The number of halogens is 1. The second-order valence-corrected chi connectivity index (χ2v) is 7.79. The lowest BCUT2D eigenvalue weighted by atomic mass is 9.68. The lowest BCUT2D eigenvalue weighted by Gasteiger charge is -2.40. The predicted octanol–water partition coefficient (Wildman–Crippen LogP) is 3.37. The van der Waals surface area contributed by atoms with Gasteiger partial charge in [0.25, 0.3) is 5.56 Å². The van der Waals surface area contributed by atoms with E-state index in [0.717, 1.165) is 36.3 Å². The molecule has 0 radical (unpaired) electrons. The first-order valence-corrected chi connectivity index (χ1v) is 9.80. The molecule has 28 heavy (non-hydrogen) atoms. The third-order valence-electron chi connectivity index (χ3n) is 5.77. The second-order valence-electron chi connectivity index (χ2n) is 7.35. The normalized spacial score (nSPS) is 22.1. The molecule has 0 aliphatic heterocycles. The van der Waals surface area contributed by atoms with Crippen LogP contribution >= 0.6 is 11.6 Å². The average molecular weight is 396 g/mol. The van der Waals surface area contributed by atoms with E-state index < -0.39 is 0 Å². The monoisotopic (exact) mass is 395 g/mol. The molecule has 2 aromatic heterocycles. The summed E-state index contributed by atoms with van der Waals surface area (Å²) < 4.78 is 1.61. The van der Waals surface area contributed by atoms with Gasteiger partial charge in [-0.1, -0.05) is 23.7 Å². The van der Waals surface area contributed by atoms with Gasteiger partial charge in [0.2, 0.25) is 0 Å². The molecule has 1 saturated carbocycles. The van der Waals surface area contributed by atoms with Crippen molar-refractivity contribution >= 4 is 11.6 Å². The summed E-state index contributed by atoms with van der Waals surface area (Å²) >= 11 is 6.20. The first-order chi connectivity index (χ1) is 13.6. The Morgan fingerprint density at radius 3 is 2.57 bits per heavy atom. The highest BCUT2D eigenvalue weighted by Crippen LogP contribution is 2.42. The fraction of sp³-hybridized carbons (Fsp3) is 0.333. The number of hydrogen-bond acceptors (Lipinski definition) is 5. The van der Waals surface area contributed by atoms with Gasteiger partial charge in [-0.2, -0.15) is 5.10 Å². The molecule has 0 saturated heterocycles. The Balaban J connectivity index is 1.59. The van der Waals surface area contributed by atoms with Gasteiger partial charge in [0.05, 0.1) is 11.7 Å². The summed E-state index contributed by atoms with van der Waals surface area (Å²) in [5.41, 5.74) is 8.67. The summed E-state index contributed by atoms with van der Waals surface area (Å²) in [5, 5.41) is 5.32. The van der Waals surface area contributed by atoms with E-state index in [-0.39, 0.29) is 17.0 Å². The van der Waals surface area contributed by atoms with Crippen LogP contribution in [0.15, 0.2) is 59.9 Å². The predicted molar refractivity (Wildman–Crippen MR) is 109 cm³/mol. The van der Waals surface area contributed by atoms with Crippen LogP contribution in [0.25, 0.3) is 11.3 Å². The van der Waals surface area contributed by atoms with Gasteiger partial charge in [-0.15, -0.1) is 0 Å². The molecule has 2 heterocycles. The van der Waals surface area contributed by atoms with Gasteiger partial charge < -0.3 is 5.73 Å². The quantitative estimate of drug-likeness (QED) is 0.731. The fourth-order valence-corrected chi connectivity index (χ4v) is 4.29. The van der Waals surface area contributed by atoms with Crippen molar-refractivity contribution in [2.24, 2.45) is 5.73 Å². The topological polar surface area (TPSA) is 86.7 Å². The van der Waals surface area contributed by atoms with E-state index in [9.17, 15) is 4.79 Å². The van der Waals surface area contributed by atoms with Crippen LogP contribution in [0, 0.1) is 0 Å². The molecule has 3 aromatic rings. The Labute approximate surface area is 168 Å². The molecular weight excluding hydrogens is 374 g/mol. The molecule has 0 unspecified atom stereocenters. The summed E-state index contributed by atoms with van der Waals surface area (Å²) in [6.07, 6.45) is 8.33. The average Bonchev–Trinajstić information content (AvgIpc) is 2.75. The molecule has 0 bridgehead atoms. The zero-order valence-electron chi connectivity index (χ0n) is 15.5. The molecule has 0 spiro atoms. The first kappa shape index (κ1) is 18.8. The molecule has 1 aliphatic rings. The van der Waals surface area contributed by atoms with Gasteiger partial charge >= 0.3 is 0 Å². The minimum atomic E-state index is -0.101. The maximum atomic E-state index is 12.5. The number of aromatic nitrogens is 4. The molecule has 1 aliphatic carbocycles. The first-order valence-electron chi connectivity index (χ1n) is 9.43. The summed E-state index contributed by atoms with van der Waals surface area (Å²) in [5.74, 6) is 0. The molecular formula is C21H22ClN5O. The number of hydrogen-bond donors (Lipinski definition) is 1. The van der Waals surface area contributed by atoms with Crippen LogP contribution < -0.4 is 11.3 Å². The van der Waals surface area contributed by atoms with E-state index in [4.69, 9.17) is 17.3 Å². The number of nitrogens with two attached hydrogens (primary N) is 1. The number of benzene rings is 1. The maximum absolute atomic E-state index is 12.5. The van der Waals surface area contributed by atoms with Gasteiger partial charge in [0.15, 0.2) is 0 Å². The summed E-state index contributed by atoms with van der Waals surface area (Å²) in [4.78, 5) is 20.5. The molecule has 7 heteroatoms. The van der Waals surface area contributed by atoms with Gasteiger partial charge in [-0.3, -0.25) is 4.79 Å². The van der Waals surface area contributed by atoms with Crippen LogP contribution in [0.2, 0.25) is 5.02 Å². The molecule has 4 rings (SSSR count). The summed E-state index contributed by atoms with van der Waals surface area (Å²) in [6.45, 7) is 0.559. The number of nitrogens with zero attached hydrogens (tertiary/aromatic N) is 4. The van der Waals surface area contributed by atoms with Crippen molar-refractivity contribution in [2.45, 2.75) is 37.1 Å². The van der Waals surface area contributed by atoms with E-state index in [2.05, 4.69) is 21.1 Å². The van der Waals surface area contributed by atoms with Crippen molar-refractivity contribution in [3.63, 3.8) is 0 Å². The lowest BCUT2D eigenvalue weighted by Crippen LogP contribution is -2.41. The molecule has 6 nitrogen and oxygen atoms in total. The third-order valence-corrected chi connectivity index (χ3v) is 6.00. The minimum absolute atomic E-state index is 0.0518. The molecule has 144 valence electrons. The van der Waals surface area contributed by atoms with E-state index in [0.29, 0.717) is 12.2 Å². The third kappa shape index (κ3) is 3.57. The van der Waals surface area contributed by atoms with Crippen molar-refractivity contribution in [2.75, 3.05) is 6.54 Å². The maximum Gasteiger partial charge on any atom is 0.267 e. The zero-order valence-corrected chi connectivity index (χ0v) is 16.2. The van der Waals surface area contributed by atoms with Crippen LogP contribution in [0.4, 0.5) is 0 Å². The van der Waals surface area contributed by atoms with Gasteiger partial charge in [-0.05, 0) is 49.4 Å². The zero-order chi connectivity index (χ0) is 19.6. The molecule has 1 aromatic carbocycles. The molecule has 0 amide bonds. The SMILES string of the molecule is NC[C@]1(c2cccc(Cl)c2)CC[C@@H](n2nc(-c3cncnc3)ccc2=O)CC1. The Morgan fingerprint density at radius 1 is 1.14 bits per heavy atom. The summed E-state index contributed by atoms with van der Waals surface area (Å²) in [7, 11) is 0. The fourth-order valence-electron chi connectivity index (χ4n) is 4.10. The smallest absolute Gasteiger partial charge is 0.267 e. The highest BCUT2D eigenvalue weighted by Gasteiger charge is 2.37. The summed E-state index contributed by atoms with van der Waals surface area (Å²) in [6, 6.07) is 11.3. The molecule has 0 atom stereocenters. The highest BCUT2D eigenvalue weighted by atomic mass is 35.5. The van der Waals surface area contributed by atoms with Crippen molar-refractivity contribution in [3.8, 4) is 11.3 Å². The van der Waals surface area contributed by atoms with E-state index in [1.54, 1.807) is 29.2 Å². The van der Waals surface area contributed by atoms with Gasteiger partial charge in [-0.25, -0.2) is 14.6 Å². The van der Waals surface area contributed by atoms with Crippen LogP contribution in [-0.2, 0) is 5.41 Å². The lowest BCUT2D eigenvalue weighted by molar-refractivity contribution is 0.222. The largest absolute Gasteiger partial charge is 0.330 e. The minimum Gasteiger partial charge on any atom is -0.330 e. The Bertz CT molecular complexity index is 1010. The van der Waals surface area contributed by atoms with Crippen LogP contribution in [0.5, 0.6) is 0 Å². The van der Waals surface area contributed by atoms with E-state index in [1.165, 1.54) is 11.9 Å².